The van der Waals surface area contributed by atoms with E-state index in [-0.39, 0.29) is 30.5 Å². The molecule has 1 atom stereocenters. The van der Waals surface area contributed by atoms with Crippen molar-refractivity contribution in [2.75, 3.05) is 6.54 Å². The van der Waals surface area contributed by atoms with Crippen LogP contribution in [0, 0.1) is 5.92 Å². The minimum atomic E-state index is -4.21. The van der Waals surface area contributed by atoms with E-state index in [4.69, 9.17) is 9.29 Å². The summed E-state index contributed by atoms with van der Waals surface area (Å²) in [5.74, 6) is -0.0663. The lowest BCUT2D eigenvalue weighted by atomic mass is 9.82. The van der Waals surface area contributed by atoms with Gasteiger partial charge in [0, 0.05) is 11.4 Å². The van der Waals surface area contributed by atoms with E-state index in [2.05, 4.69) is 20.3 Å². The third kappa shape index (κ3) is 9.80. The fourth-order valence-corrected chi connectivity index (χ4v) is 5.26. The maximum atomic E-state index is 12.5. The molecule has 1 aliphatic rings. The highest BCUT2D eigenvalue weighted by Gasteiger charge is 2.28. The van der Waals surface area contributed by atoms with E-state index in [1.165, 1.54) is 11.3 Å². The van der Waals surface area contributed by atoms with Crippen molar-refractivity contribution in [3.8, 4) is 0 Å². The Morgan fingerprint density at radius 1 is 1.28 bits per heavy atom. The van der Waals surface area contributed by atoms with Gasteiger partial charge in [0.05, 0.1) is 11.7 Å². The molecule has 0 unspecified atom stereocenters. The van der Waals surface area contributed by atoms with Crippen molar-refractivity contribution in [3.63, 3.8) is 0 Å². The Balaban J connectivity index is 1.95. The summed E-state index contributed by atoms with van der Waals surface area (Å²) in [5, 5.41) is 8.22. The summed E-state index contributed by atoms with van der Waals surface area (Å²) in [6, 6.07) is -0.580. The Morgan fingerprint density at radius 3 is 2.47 bits per heavy atom. The Bertz CT molecular complexity index is 873. The van der Waals surface area contributed by atoms with Gasteiger partial charge in [0.2, 0.25) is 5.91 Å². The van der Waals surface area contributed by atoms with Crippen LogP contribution in [0.15, 0.2) is 5.38 Å². The number of nitrogens with one attached hydrogen (secondary N) is 3. The maximum absolute atomic E-state index is 12.5. The molecular weight excluding hydrogens is 456 g/mol. The number of hydrogen-bond donors (Lipinski definition) is 4. The van der Waals surface area contributed by atoms with E-state index in [9.17, 15) is 18.0 Å². The van der Waals surface area contributed by atoms with Gasteiger partial charge in [-0.2, -0.15) is 13.1 Å². The first-order valence-electron chi connectivity index (χ1n) is 10.8. The quantitative estimate of drug-likeness (QED) is 0.389. The number of carbonyl (C=O) groups excluding carboxylic acids is 2. The van der Waals surface area contributed by atoms with Crippen LogP contribution in [-0.4, -0.2) is 48.1 Å². The van der Waals surface area contributed by atoms with E-state index >= 15 is 0 Å². The van der Waals surface area contributed by atoms with Crippen LogP contribution in [0.5, 0.6) is 0 Å². The summed E-state index contributed by atoms with van der Waals surface area (Å²) in [4.78, 5) is 29.0. The zero-order chi connectivity index (χ0) is 23.9. The smallest absolute Gasteiger partial charge is 0.408 e. The molecule has 0 aromatic carbocycles. The molecule has 1 aromatic heterocycles. The Morgan fingerprint density at radius 2 is 1.94 bits per heavy atom. The molecule has 0 aliphatic heterocycles. The number of carbonyl (C=O) groups is 2. The van der Waals surface area contributed by atoms with E-state index in [1.54, 1.807) is 20.8 Å². The molecule has 0 bridgehead atoms. The van der Waals surface area contributed by atoms with Crippen molar-refractivity contribution in [2.24, 2.45) is 5.92 Å². The van der Waals surface area contributed by atoms with Crippen LogP contribution in [0.25, 0.3) is 0 Å². The molecule has 12 heteroatoms. The number of nitrogens with zero attached hydrogens (tertiary/aromatic N) is 1. The molecule has 0 radical (unpaired) electrons. The Kier molecular flexibility index (Phi) is 9.43. The number of aromatic nitrogens is 1. The second-order valence-electron chi connectivity index (χ2n) is 9.05. The molecule has 4 N–H and O–H groups in total. The van der Waals surface area contributed by atoms with E-state index in [1.807, 2.05) is 12.3 Å². The standard InChI is InChI=1S/C20H34N4O6S2/c1-5-14-12-31-18(22-14)16(23-17(25)11-21-19(26)30-20(2,3)4)10-13-6-8-15(9-7-13)24-32(27,28)29/h12-13,15-16,24H,5-11H2,1-4H3,(H,21,26)(H,23,25)(H,27,28,29)/t13?,15?,16-/m0/s1. The third-order valence-corrected chi connectivity index (χ3v) is 6.73. The van der Waals surface area contributed by atoms with E-state index < -0.39 is 22.0 Å². The number of ether oxygens (including phenoxy) is 1. The zero-order valence-electron chi connectivity index (χ0n) is 19.0. The van der Waals surface area contributed by atoms with Gasteiger partial charge in [0.1, 0.15) is 17.2 Å². The normalized spacial score (nSPS) is 20.4. The van der Waals surface area contributed by atoms with Crippen molar-refractivity contribution in [1.82, 2.24) is 20.3 Å². The lowest BCUT2D eigenvalue weighted by molar-refractivity contribution is -0.121. The van der Waals surface area contributed by atoms with E-state index in [0.717, 1.165) is 30.0 Å². The van der Waals surface area contributed by atoms with Crippen LogP contribution in [0.3, 0.4) is 0 Å². The monoisotopic (exact) mass is 490 g/mol. The maximum Gasteiger partial charge on any atom is 0.408 e. The van der Waals surface area contributed by atoms with Crippen molar-refractivity contribution < 1.29 is 27.3 Å². The van der Waals surface area contributed by atoms with Crippen molar-refractivity contribution in [2.45, 2.75) is 83.9 Å². The molecule has 10 nitrogen and oxygen atoms in total. The number of hydrogen-bond acceptors (Lipinski definition) is 7. The highest BCUT2D eigenvalue weighted by atomic mass is 32.2. The van der Waals surface area contributed by atoms with Crippen molar-refractivity contribution in [3.05, 3.63) is 16.1 Å². The summed E-state index contributed by atoms with van der Waals surface area (Å²) in [6.07, 6.45) is 3.56. The molecule has 0 saturated heterocycles. The van der Waals surface area contributed by atoms with Crippen LogP contribution in [0.4, 0.5) is 4.79 Å². The zero-order valence-corrected chi connectivity index (χ0v) is 20.6. The first-order valence-corrected chi connectivity index (χ1v) is 13.1. The molecule has 1 saturated carbocycles. The van der Waals surface area contributed by atoms with Crippen LogP contribution in [0.1, 0.15) is 76.5 Å². The van der Waals surface area contributed by atoms with Crippen molar-refractivity contribution >= 4 is 33.6 Å². The average Bonchev–Trinajstić information content (AvgIpc) is 3.14. The van der Waals surface area contributed by atoms with Gasteiger partial charge in [0.25, 0.3) is 0 Å². The van der Waals surface area contributed by atoms with Gasteiger partial charge in [-0.05, 0) is 65.2 Å². The predicted octanol–water partition coefficient (Wildman–Crippen LogP) is 2.73. The van der Waals surface area contributed by atoms with Crippen LogP contribution >= 0.6 is 11.3 Å². The van der Waals surface area contributed by atoms with E-state index in [0.29, 0.717) is 19.3 Å². The highest BCUT2D eigenvalue weighted by Crippen LogP contribution is 2.33. The molecule has 1 aromatic rings. The Hall–Kier alpha value is -1.76. The molecular formula is C20H34N4O6S2. The summed E-state index contributed by atoms with van der Waals surface area (Å²) in [7, 11) is -4.21. The van der Waals surface area contributed by atoms with Gasteiger partial charge in [-0.1, -0.05) is 6.92 Å². The number of amides is 2. The minimum absolute atomic E-state index is 0.206. The summed E-state index contributed by atoms with van der Waals surface area (Å²) < 4.78 is 38.4. The fraction of sp³-hybridized carbons (Fsp3) is 0.750. The first kappa shape index (κ1) is 26.5. The predicted molar refractivity (Wildman–Crippen MR) is 122 cm³/mol. The minimum Gasteiger partial charge on any atom is -0.444 e. The third-order valence-electron chi connectivity index (χ3n) is 5.09. The number of aryl methyl sites for hydroxylation is 1. The molecule has 182 valence electrons. The molecule has 0 spiro atoms. The summed E-state index contributed by atoms with van der Waals surface area (Å²) >= 11 is 1.49. The Labute approximate surface area is 193 Å². The van der Waals surface area contributed by atoms with Gasteiger partial charge in [-0.15, -0.1) is 11.3 Å². The average molecular weight is 491 g/mol. The molecule has 1 fully saturated rings. The van der Waals surface area contributed by atoms with Crippen LogP contribution in [-0.2, 0) is 26.3 Å². The van der Waals surface area contributed by atoms with Gasteiger partial charge in [-0.25, -0.2) is 9.78 Å². The summed E-state index contributed by atoms with van der Waals surface area (Å²) in [5.41, 5.74) is 0.307. The number of rotatable bonds is 9. The molecule has 1 heterocycles. The molecule has 2 amide bonds. The second kappa shape index (κ2) is 11.4. The molecule has 32 heavy (non-hydrogen) atoms. The lowest BCUT2D eigenvalue weighted by Gasteiger charge is -2.30. The number of thiazole rings is 1. The highest BCUT2D eigenvalue weighted by molar-refractivity contribution is 7.83. The van der Waals surface area contributed by atoms with Gasteiger partial charge in [0.15, 0.2) is 0 Å². The lowest BCUT2D eigenvalue weighted by Crippen LogP contribution is -2.41. The topological polar surface area (TPSA) is 147 Å². The molecule has 1 aliphatic carbocycles. The van der Waals surface area contributed by atoms with Crippen LogP contribution < -0.4 is 15.4 Å². The van der Waals surface area contributed by atoms with Crippen molar-refractivity contribution in [1.29, 1.82) is 0 Å². The SMILES string of the molecule is CCc1csc([C@H](CC2CCC(NS(=O)(=O)O)CC2)NC(=O)CNC(=O)OC(C)(C)C)n1. The second-order valence-corrected chi connectivity index (χ2v) is 11.1. The van der Waals surface area contributed by atoms with Gasteiger partial charge >= 0.3 is 16.4 Å². The fourth-order valence-electron chi connectivity index (χ4n) is 3.64. The van der Waals surface area contributed by atoms with Gasteiger partial charge in [-0.3, -0.25) is 9.35 Å². The number of alkyl carbamates (subject to hydrolysis) is 1. The summed E-state index contributed by atoms with van der Waals surface area (Å²) in [6.45, 7) is 7.05. The van der Waals surface area contributed by atoms with Gasteiger partial charge < -0.3 is 15.4 Å². The molecule has 2 rings (SSSR count). The first-order chi connectivity index (χ1) is 14.8. The van der Waals surface area contributed by atoms with Crippen LogP contribution in [0.2, 0.25) is 0 Å². The largest absolute Gasteiger partial charge is 0.444 e.